The lowest BCUT2D eigenvalue weighted by Gasteiger charge is -2.08. The maximum atomic E-state index is 12.4. The zero-order valence-corrected chi connectivity index (χ0v) is 12.7. The summed E-state index contributed by atoms with van der Waals surface area (Å²) in [4.78, 5) is 0.0822. The first-order valence-electron chi connectivity index (χ1n) is 6.28. The van der Waals surface area contributed by atoms with Gasteiger partial charge in [0.2, 0.25) is 0 Å². The third-order valence-electron chi connectivity index (χ3n) is 3.08. The van der Waals surface area contributed by atoms with E-state index in [9.17, 15) is 8.42 Å². The van der Waals surface area contributed by atoms with Crippen molar-refractivity contribution < 1.29 is 8.42 Å². The van der Waals surface area contributed by atoms with Crippen LogP contribution in [0.4, 0.5) is 5.69 Å². The molecule has 2 N–H and O–H groups in total. The standard InChI is InChI=1S/C15H16ClNO2S/c1-2-11-3-5-12(6-4-11)10-20(18,19)15-9-13(17)7-8-14(15)16/h3-9H,2,10,17H2,1H3. The van der Waals surface area contributed by atoms with Crippen LogP contribution in [0.5, 0.6) is 0 Å². The lowest BCUT2D eigenvalue weighted by Crippen LogP contribution is -2.06. The van der Waals surface area contributed by atoms with E-state index in [1.165, 1.54) is 17.7 Å². The van der Waals surface area contributed by atoms with Gasteiger partial charge in [-0.25, -0.2) is 8.42 Å². The van der Waals surface area contributed by atoms with Gasteiger partial charge in [-0.2, -0.15) is 0 Å². The van der Waals surface area contributed by atoms with Crippen molar-refractivity contribution in [2.75, 3.05) is 5.73 Å². The van der Waals surface area contributed by atoms with Gasteiger partial charge in [0.1, 0.15) is 0 Å². The summed E-state index contributed by atoms with van der Waals surface area (Å²) in [5, 5.41) is 0.198. The highest BCUT2D eigenvalue weighted by Gasteiger charge is 2.19. The minimum absolute atomic E-state index is 0.0822. The van der Waals surface area contributed by atoms with Crippen molar-refractivity contribution in [1.82, 2.24) is 0 Å². The molecular formula is C15H16ClNO2S. The van der Waals surface area contributed by atoms with E-state index in [1.54, 1.807) is 6.07 Å². The molecule has 0 atom stereocenters. The molecule has 2 aromatic rings. The molecule has 0 bridgehead atoms. The molecule has 0 amide bonds. The number of hydrogen-bond acceptors (Lipinski definition) is 3. The van der Waals surface area contributed by atoms with Crippen molar-refractivity contribution in [2.24, 2.45) is 0 Å². The van der Waals surface area contributed by atoms with Crippen LogP contribution in [0, 0.1) is 0 Å². The van der Waals surface area contributed by atoms with E-state index in [0.29, 0.717) is 5.69 Å². The Morgan fingerprint density at radius 3 is 2.25 bits per heavy atom. The highest BCUT2D eigenvalue weighted by molar-refractivity contribution is 7.90. The molecule has 20 heavy (non-hydrogen) atoms. The lowest BCUT2D eigenvalue weighted by molar-refractivity contribution is 0.595. The Balaban J connectivity index is 2.32. The molecular weight excluding hydrogens is 294 g/mol. The first-order chi connectivity index (χ1) is 9.42. The molecule has 5 heteroatoms. The SMILES string of the molecule is CCc1ccc(CS(=O)(=O)c2cc(N)ccc2Cl)cc1. The number of hydrogen-bond donors (Lipinski definition) is 1. The number of halogens is 1. The molecule has 106 valence electrons. The Morgan fingerprint density at radius 1 is 1.05 bits per heavy atom. The van der Waals surface area contributed by atoms with Gasteiger partial charge in [-0.05, 0) is 35.7 Å². The fourth-order valence-corrected chi connectivity index (χ4v) is 3.86. The predicted molar refractivity (Wildman–Crippen MR) is 82.6 cm³/mol. The number of benzene rings is 2. The quantitative estimate of drug-likeness (QED) is 0.880. The monoisotopic (exact) mass is 309 g/mol. The molecule has 0 fully saturated rings. The number of sulfone groups is 1. The van der Waals surface area contributed by atoms with Crippen LogP contribution in [0.25, 0.3) is 0 Å². The Kier molecular flexibility index (Phi) is 4.35. The summed E-state index contributed by atoms with van der Waals surface area (Å²) in [5.74, 6) is -0.0832. The normalized spacial score (nSPS) is 11.5. The molecule has 0 aliphatic heterocycles. The van der Waals surface area contributed by atoms with E-state index >= 15 is 0 Å². The second-order valence-electron chi connectivity index (χ2n) is 4.62. The topological polar surface area (TPSA) is 60.2 Å². The van der Waals surface area contributed by atoms with Crippen LogP contribution in [-0.2, 0) is 22.0 Å². The first kappa shape index (κ1) is 14.9. The van der Waals surface area contributed by atoms with Crippen LogP contribution in [0.15, 0.2) is 47.4 Å². The number of anilines is 1. The Morgan fingerprint density at radius 2 is 1.65 bits per heavy atom. The molecule has 0 radical (unpaired) electrons. The molecule has 0 aliphatic carbocycles. The molecule has 3 nitrogen and oxygen atoms in total. The van der Waals surface area contributed by atoms with Gasteiger partial charge in [0.25, 0.3) is 0 Å². The second kappa shape index (κ2) is 5.85. The van der Waals surface area contributed by atoms with Crippen molar-refractivity contribution in [2.45, 2.75) is 24.0 Å². The Hall–Kier alpha value is -1.52. The average Bonchev–Trinajstić information content (AvgIpc) is 2.42. The molecule has 0 aromatic heterocycles. The van der Waals surface area contributed by atoms with Crippen molar-refractivity contribution in [1.29, 1.82) is 0 Å². The summed E-state index contributed by atoms with van der Waals surface area (Å²) < 4.78 is 24.8. The van der Waals surface area contributed by atoms with Crippen molar-refractivity contribution in [3.8, 4) is 0 Å². The molecule has 0 aliphatic rings. The molecule has 0 spiro atoms. The summed E-state index contributed by atoms with van der Waals surface area (Å²) in [6, 6.07) is 12.0. The third-order valence-corrected chi connectivity index (χ3v) is 5.24. The Bertz CT molecular complexity index is 709. The summed E-state index contributed by atoms with van der Waals surface area (Å²) in [6.45, 7) is 2.05. The second-order valence-corrected chi connectivity index (χ2v) is 6.98. The van der Waals surface area contributed by atoms with E-state index in [2.05, 4.69) is 6.92 Å². The van der Waals surface area contributed by atoms with Crippen molar-refractivity contribution in [3.05, 3.63) is 58.6 Å². The molecule has 0 saturated heterocycles. The molecule has 2 rings (SSSR count). The highest BCUT2D eigenvalue weighted by atomic mass is 35.5. The first-order valence-corrected chi connectivity index (χ1v) is 8.31. The van der Waals surface area contributed by atoms with Crippen LogP contribution in [0.3, 0.4) is 0 Å². The third kappa shape index (κ3) is 3.32. The molecule has 0 unspecified atom stereocenters. The number of nitrogens with two attached hydrogens (primary N) is 1. The van der Waals surface area contributed by atoms with Crippen LogP contribution in [-0.4, -0.2) is 8.42 Å². The highest BCUT2D eigenvalue weighted by Crippen LogP contribution is 2.26. The maximum absolute atomic E-state index is 12.4. The summed E-state index contributed by atoms with van der Waals surface area (Å²) >= 11 is 5.96. The summed E-state index contributed by atoms with van der Waals surface area (Å²) in [7, 11) is -3.50. The molecule has 0 saturated carbocycles. The van der Waals surface area contributed by atoms with Gasteiger partial charge >= 0.3 is 0 Å². The number of nitrogen functional groups attached to an aromatic ring is 1. The largest absolute Gasteiger partial charge is 0.399 e. The van der Waals surface area contributed by atoms with Gasteiger partial charge in [0.15, 0.2) is 9.84 Å². The van der Waals surface area contributed by atoms with Crippen molar-refractivity contribution >= 4 is 27.1 Å². The fourth-order valence-electron chi connectivity index (χ4n) is 1.93. The minimum Gasteiger partial charge on any atom is -0.399 e. The predicted octanol–water partition coefficient (Wildman–Crippen LogP) is 3.46. The maximum Gasteiger partial charge on any atom is 0.184 e. The van der Waals surface area contributed by atoms with E-state index in [0.717, 1.165) is 12.0 Å². The van der Waals surface area contributed by atoms with Crippen LogP contribution < -0.4 is 5.73 Å². The number of aryl methyl sites for hydroxylation is 1. The summed E-state index contributed by atoms with van der Waals surface area (Å²) in [6.07, 6.45) is 0.925. The average molecular weight is 310 g/mol. The smallest absolute Gasteiger partial charge is 0.184 e. The van der Waals surface area contributed by atoms with Crippen LogP contribution in [0.1, 0.15) is 18.1 Å². The zero-order chi connectivity index (χ0) is 14.8. The number of rotatable bonds is 4. The van der Waals surface area contributed by atoms with Gasteiger partial charge in [0.05, 0.1) is 15.7 Å². The summed E-state index contributed by atoms with van der Waals surface area (Å²) in [5.41, 5.74) is 7.93. The van der Waals surface area contributed by atoms with Gasteiger partial charge in [0, 0.05) is 5.69 Å². The van der Waals surface area contributed by atoms with E-state index < -0.39 is 9.84 Å². The van der Waals surface area contributed by atoms with Gasteiger partial charge in [-0.15, -0.1) is 0 Å². The van der Waals surface area contributed by atoms with E-state index in [1.807, 2.05) is 24.3 Å². The minimum atomic E-state index is -3.50. The van der Waals surface area contributed by atoms with Crippen LogP contribution >= 0.6 is 11.6 Å². The molecule has 0 heterocycles. The Labute approximate surface area is 124 Å². The van der Waals surface area contributed by atoms with E-state index in [-0.39, 0.29) is 15.7 Å². The zero-order valence-electron chi connectivity index (χ0n) is 11.1. The molecule has 2 aromatic carbocycles. The van der Waals surface area contributed by atoms with E-state index in [4.69, 9.17) is 17.3 Å². The van der Waals surface area contributed by atoms with Gasteiger partial charge in [-0.1, -0.05) is 42.8 Å². The van der Waals surface area contributed by atoms with Gasteiger partial charge in [-0.3, -0.25) is 0 Å². The van der Waals surface area contributed by atoms with Gasteiger partial charge < -0.3 is 5.73 Å². The van der Waals surface area contributed by atoms with Crippen molar-refractivity contribution in [3.63, 3.8) is 0 Å². The van der Waals surface area contributed by atoms with Crippen LogP contribution in [0.2, 0.25) is 5.02 Å². The fraction of sp³-hybridized carbons (Fsp3) is 0.200. The lowest BCUT2D eigenvalue weighted by atomic mass is 10.1.